The van der Waals surface area contributed by atoms with E-state index in [0.29, 0.717) is 10.9 Å². The third-order valence-corrected chi connectivity index (χ3v) is 5.04. The second-order valence-electron chi connectivity index (χ2n) is 4.79. The highest BCUT2D eigenvalue weighted by Gasteiger charge is 2.21. The first-order valence-corrected chi connectivity index (χ1v) is 8.67. The van der Waals surface area contributed by atoms with Crippen molar-refractivity contribution in [3.05, 3.63) is 64.4 Å². The molecule has 0 aliphatic rings. The van der Waals surface area contributed by atoms with Gasteiger partial charge in [0, 0.05) is 10.5 Å². The van der Waals surface area contributed by atoms with E-state index in [1.807, 2.05) is 30.3 Å². The fourth-order valence-electron chi connectivity index (χ4n) is 2.03. The maximum absolute atomic E-state index is 13.8. The Kier molecular flexibility index (Phi) is 5.13. The summed E-state index contributed by atoms with van der Waals surface area (Å²) in [6.07, 6.45) is 0.540. The summed E-state index contributed by atoms with van der Waals surface area (Å²) in [7, 11) is -3.87. The van der Waals surface area contributed by atoms with E-state index in [9.17, 15) is 12.8 Å². The molecule has 0 aliphatic heterocycles. The van der Waals surface area contributed by atoms with Gasteiger partial charge >= 0.3 is 0 Å². The Morgan fingerprint density at radius 1 is 1.19 bits per heavy atom. The van der Waals surface area contributed by atoms with Crippen LogP contribution in [0.15, 0.2) is 57.9 Å². The zero-order valence-corrected chi connectivity index (χ0v) is 13.8. The zero-order chi connectivity index (χ0) is 15.5. The van der Waals surface area contributed by atoms with Gasteiger partial charge in [0.05, 0.1) is 0 Å². The largest absolute Gasteiger partial charge is 0.243 e. The summed E-state index contributed by atoms with van der Waals surface area (Å²) in [5.74, 6) is -0.774. The van der Waals surface area contributed by atoms with Crippen molar-refractivity contribution in [2.45, 2.75) is 24.3 Å². The van der Waals surface area contributed by atoms with E-state index in [0.717, 1.165) is 11.6 Å². The van der Waals surface area contributed by atoms with Crippen LogP contribution in [-0.2, 0) is 16.4 Å². The lowest BCUT2D eigenvalue weighted by Crippen LogP contribution is -2.34. The maximum atomic E-state index is 13.8. The van der Waals surface area contributed by atoms with Crippen LogP contribution in [0, 0.1) is 5.82 Å². The van der Waals surface area contributed by atoms with E-state index in [1.165, 1.54) is 12.1 Å². The summed E-state index contributed by atoms with van der Waals surface area (Å²) in [5, 5.41) is 0. The van der Waals surface area contributed by atoms with E-state index in [2.05, 4.69) is 20.7 Å². The highest BCUT2D eigenvalue weighted by atomic mass is 79.9. The lowest BCUT2D eigenvalue weighted by molar-refractivity contribution is 0.542. The summed E-state index contributed by atoms with van der Waals surface area (Å²) in [4.78, 5) is -0.342. The molecule has 112 valence electrons. The Labute approximate surface area is 132 Å². The lowest BCUT2D eigenvalue weighted by Gasteiger charge is -2.15. The highest BCUT2D eigenvalue weighted by molar-refractivity contribution is 9.10. The number of halogens is 2. The highest BCUT2D eigenvalue weighted by Crippen LogP contribution is 2.19. The molecular formula is C15H15BrFNO2S. The first-order chi connectivity index (χ1) is 9.88. The normalized spacial score (nSPS) is 13.1. The molecule has 2 aromatic rings. The van der Waals surface area contributed by atoms with Gasteiger partial charge < -0.3 is 0 Å². The minimum absolute atomic E-state index is 0.333. The molecule has 2 aromatic carbocycles. The molecule has 0 bridgehead atoms. The van der Waals surface area contributed by atoms with E-state index in [1.54, 1.807) is 6.92 Å². The molecular weight excluding hydrogens is 357 g/mol. The second-order valence-corrected chi connectivity index (χ2v) is 7.38. The van der Waals surface area contributed by atoms with Gasteiger partial charge in [0.1, 0.15) is 10.7 Å². The predicted octanol–water partition coefficient (Wildman–Crippen LogP) is 3.50. The van der Waals surface area contributed by atoms with Crippen molar-refractivity contribution in [1.82, 2.24) is 4.72 Å². The van der Waals surface area contributed by atoms with Gasteiger partial charge in [-0.2, -0.15) is 0 Å². The van der Waals surface area contributed by atoms with Crippen molar-refractivity contribution in [2.24, 2.45) is 0 Å². The van der Waals surface area contributed by atoms with E-state index >= 15 is 0 Å². The summed E-state index contributed by atoms with van der Waals surface area (Å²) in [5.41, 5.74) is 1.02. The molecule has 0 aliphatic carbocycles. The molecule has 0 heterocycles. The van der Waals surface area contributed by atoms with Crippen LogP contribution in [0.3, 0.4) is 0 Å². The van der Waals surface area contributed by atoms with Gasteiger partial charge in [-0.3, -0.25) is 0 Å². The van der Waals surface area contributed by atoms with Gasteiger partial charge in [0.15, 0.2) is 0 Å². The van der Waals surface area contributed by atoms with Crippen LogP contribution >= 0.6 is 15.9 Å². The summed E-state index contributed by atoms with van der Waals surface area (Å²) in [6, 6.07) is 13.1. The third kappa shape index (κ3) is 4.36. The molecule has 3 nitrogen and oxygen atoms in total. The summed E-state index contributed by atoms with van der Waals surface area (Å²) < 4.78 is 41.2. The van der Waals surface area contributed by atoms with Crippen LogP contribution in [0.4, 0.5) is 4.39 Å². The van der Waals surface area contributed by atoms with Gasteiger partial charge in [-0.1, -0.05) is 46.3 Å². The average molecular weight is 372 g/mol. The summed E-state index contributed by atoms with van der Waals surface area (Å²) in [6.45, 7) is 1.75. The second kappa shape index (κ2) is 6.68. The molecule has 6 heteroatoms. The first-order valence-electron chi connectivity index (χ1n) is 6.40. The number of rotatable bonds is 5. The van der Waals surface area contributed by atoms with Crippen LogP contribution in [0.25, 0.3) is 0 Å². The van der Waals surface area contributed by atoms with Crippen LogP contribution in [0.5, 0.6) is 0 Å². The monoisotopic (exact) mass is 371 g/mol. The van der Waals surface area contributed by atoms with Crippen molar-refractivity contribution >= 4 is 26.0 Å². The maximum Gasteiger partial charge on any atom is 0.243 e. The molecule has 1 unspecified atom stereocenters. The van der Waals surface area contributed by atoms with E-state index in [4.69, 9.17) is 0 Å². The fraction of sp³-hybridized carbons (Fsp3) is 0.200. The molecule has 1 N–H and O–H groups in total. The summed E-state index contributed by atoms with van der Waals surface area (Å²) >= 11 is 3.10. The van der Waals surface area contributed by atoms with Gasteiger partial charge in [-0.25, -0.2) is 17.5 Å². The number of nitrogens with one attached hydrogen (secondary N) is 1. The van der Waals surface area contributed by atoms with Crippen molar-refractivity contribution in [3.8, 4) is 0 Å². The quantitative estimate of drug-likeness (QED) is 0.873. The molecule has 0 spiro atoms. The number of hydrogen-bond donors (Lipinski definition) is 1. The van der Waals surface area contributed by atoms with Crippen LogP contribution in [-0.4, -0.2) is 14.5 Å². The minimum atomic E-state index is -3.87. The van der Waals surface area contributed by atoms with Crippen molar-refractivity contribution in [2.75, 3.05) is 0 Å². The Bertz CT molecular complexity index is 720. The smallest absolute Gasteiger partial charge is 0.208 e. The third-order valence-electron chi connectivity index (χ3n) is 2.92. The Balaban J connectivity index is 2.13. The van der Waals surface area contributed by atoms with Crippen molar-refractivity contribution < 1.29 is 12.8 Å². The molecule has 0 fully saturated rings. The molecule has 0 radical (unpaired) electrons. The molecule has 0 aromatic heterocycles. The van der Waals surface area contributed by atoms with E-state index < -0.39 is 15.8 Å². The standard InChI is InChI=1S/C15H15BrFNO2S/c1-11(9-12-5-3-2-4-6-12)18-21(19,20)15-8-7-13(16)10-14(15)17/h2-8,10-11,18H,9H2,1H3. The van der Waals surface area contributed by atoms with Crippen molar-refractivity contribution in [1.29, 1.82) is 0 Å². The Morgan fingerprint density at radius 2 is 1.86 bits per heavy atom. The molecule has 21 heavy (non-hydrogen) atoms. The Morgan fingerprint density at radius 3 is 2.48 bits per heavy atom. The van der Waals surface area contributed by atoms with Gasteiger partial charge in [-0.05, 0) is 37.1 Å². The SMILES string of the molecule is CC(Cc1ccccc1)NS(=O)(=O)c1ccc(Br)cc1F. The topological polar surface area (TPSA) is 46.2 Å². The van der Waals surface area contributed by atoms with Gasteiger partial charge in [0.25, 0.3) is 0 Å². The molecule has 2 rings (SSSR count). The molecule has 0 saturated heterocycles. The lowest BCUT2D eigenvalue weighted by atomic mass is 10.1. The average Bonchev–Trinajstić information content (AvgIpc) is 2.38. The van der Waals surface area contributed by atoms with Crippen molar-refractivity contribution in [3.63, 3.8) is 0 Å². The minimum Gasteiger partial charge on any atom is -0.208 e. The Hall–Kier alpha value is -1.24. The van der Waals surface area contributed by atoms with E-state index in [-0.39, 0.29) is 10.9 Å². The zero-order valence-electron chi connectivity index (χ0n) is 11.4. The first kappa shape index (κ1) is 16.1. The number of sulfonamides is 1. The molecule has 0 amide bonds. The van der Waals surface area contributed by atoms with Crippen LogP contribution < -0.4 is 4.72 Å². The van der Waals surface area contributed by atoms with Gasteiger partial charge in [-0.15, -0.1) is 0 Å². The van der Waals surface area contributed by atoms with Crippen LogP contribution in [0.2, 0.25) is 0 Å². The number of hydrogen-bond acceptors (Lipinski definition) is 2. The number of benzene rings is 2. The van der Waals surface area contributed by atoms with Crippen LogP contribution in [0.1, 0.15) is 12.5 Å². The molecule has 1 atom stereocenters. The molecule has 0 saturated carbocycles. The predicted molar refractivity (Wildman–Crippen MR) is 84.0 cm³/mol. The van der Waals surface area contributed by atoms with Gasteiger partial charge in [0.2, 0.25) is 10.0 Å². The fourth-order valence-corrected chi connectivity index (χ4v) is 3.67.